The quantitative estimate of drug-likeness (QED) is 0.751. The van der Waals surface area contributed by atoms with Crippen LogP contribution in [0, 0.1) is 0 Å². The third-order valence-electron chi connectivity index (χ3n) is 3.16. The number of nitrogens with zero attached hydrogens (tertiary/aromatic N) is 1. The topological polar surface area (TPSA) is 58.0 Å². The van der Waals surface area contributed by atoms with Crippen LogP contribution in [0.1, 0.15) is 10.5 Å². The van der Waals surface area contributed by atoms with Gasteiger partial charge in [0, 0.05) is 40.4 Å². The first-order chi connectivity index (χ1) is 9.06. The second kappa shape index (κ2) is 4.17. The Morgan fingerprint density at radius 3 is 2.79 bits per heavy atom. The normalized spacial score (nSPS) is 11.1. The summed E-state index contributed by atoms with van der Waals surface area (Å²) in [7, 11) is 1.93. The minimum absolute atomic E-state index is 0.181. The standard InChI is InChI=1S/C14H11ClN2O2/c1-17-7-10(9-3-2-8(15)6-13(9)17)11-4-5-12(16-11)14(18)19/h2-7,16H,1H3,(H,18,19). The van der Waals surface area contributed by atoms with E-state index in [9.17, 15) is 4.79 Å². The van der Waals surface area contributed by atoms with E-state index in [1.807, 2.05) is 36.0 Å². The van der Waals surface area contributed by atoms with Crippen molar-refractivity contribution >= 4 is 28.5 Å². The second-order valence-corrected chi connectivity index (χ2v) is 4.84. The molecule has 0 bridgehead atoms. The molecule has 0 aliphatic heterocycles. The third-order valence-corrected chi connectivity index (χ3v) is 3.39. The van der Waals surface area contributed by atoms with Crippen molar-refractivity contribution in [1.29, 1.82) is 0 Å². The number of nitrogens with one attached hydrogen (secondary N) is 1. The highest BCUT2D eigenvalue weighted by molar-refractivity contribution is 6.31. The Morgan fingerprint density at radius 2 is 2.11 bits per heavy atom. The van der Waals surface area contributed by atoms with Gasteiger partial charge in [-0.1, -0.05) is 17.7 Å². The molecule has 2 heterocycles. The van der Waals surface area contributed by atoms with Crippen LogP contribution in [0.5, 0.6) is 0 Å². The van der Waals surface area contributed by atoms with Crippen molar-refractivity contribution in [2.24, 2.45) is 7.05 Å². The van der Waals surface area contributed by atoms with Crippen LogP contribution in [0.3, 0.4) is 0 Å². The number of fused-ring (bicyclic) bond motifs is 1. The van der Waals surface area contributed by atoms with Crippen LogP contribution in [0.2, 0.25) is 5.02 Å². The molecule has 3 aromatic rings. The highest BCUT2D eigenvalue weighted by atomic mass is 35.5. The number of hydrogen-bond acceptors (Lipinski definition) is 1. The summed E-state index contributed by atoms with van der Waals surface area (Å²) in [5.41, 5.74) is 2.93. The number of carboxylic acids is 1. The molecule has 0 amide bonds. The summed E-state index contributed by atoms with van der Waals surface area (Å²) in [6.07, 6.45) is 1.96. The lowest BCUT2D eigenvalue weighted by Crippen LogP contribution is -1.95. The zero-order chi connectivity index (χ0) is 13.6. The van der Waals surface area contributed by atoms with Gasteiger partial charge in [0.2, 0.25) is 0 Å². The van der Waals surface area contributed by atoms with Crippen molar-refractivity contribution < 1.29 is 9.90 Å². The number of rotatable bonds is 2. The van der Waals surface area contributed by atoms with E-state index in [0.717, 1.165) is 22.2 Å². The van der Waals surface area contributed by atoms with Crippen molar-refractivity contribution in [2.75, 3.05) is 0 Å². The summed E-state index contributed by atoms with van der Waals surface area (Å²) in [6.45, 7) is 0. The van der Waals surface area contributed by atoms with E-state index in [-0.39, 0.29) is 5.69 Å². The highest BCUT2D eigenvalue weighted by Crippen LogP contribution is 2.31. The zero-order valence-corrected chi connectivity index (χ0v) is 10.9. The summed E-state index contributed by atoms with van der Waals surface area (Å²) in [5.74, 6) is -0.963. The Kier molecular flexibility index (Phi) is 2.61. The van der Waals surface area contributed by atoms with E-state index in [4.69, 9.17) is 16.7 Å². The molecule has 0 saturated heterocycles. The summed E-state index contributed by atoms with van der Waals surface area (Å²) in [4.78, 5) is 13.8. The van der Waals surface area contributed by atoms with E-state index in [1.54, 1.807) is 12.1 Å². The molecule has 5 heteroatoms. The van der Waals surface area contributed by atoms with Gasteiger partial charge in [0.25, 0.3) is 0 Å². The predicted molar refractivity (Wildman–Crippen MR) is 74.7 cm³/mol. The van der Waals surface area contributed by atoms with Crippen molar-refractivity contribution in [3.8, 4) is 11.3 Å². The lowest BCUT2D eigenvalue weighted by Gasteiger charge is -1.97. The monoisotopic (exact) mass is 274 g/mol. The predicted octanol–water partition coefficient (Wildman–Crippen LogP) is 3.53. The molecule has 0 aliphatic rings. The van der Waals surface area contributed by atoms with Crippen molar-refractivity contribution in [3.05, 3.63) is 47.2 Å². The van der Waals surface area contributed by atoms with Gasteiger partial charge in [-0.15, -0.1) is 0 Å². The van der Waals surface area contributed by atoms with E-state index < -0.39 is 5.97 Å². The van der Waals surface area contributed by atoms with E-state index in [1.165, 1.54) is 0 Å². The molecule has 4 nitrogen and oxygen atoms in total. The lowest BCUT2D eigenvalue weighted by molar-refractivity contribution is 0.0691. The maximum Gasteiger partial charge on any atom is 0.352 e. The Balaban J connectivity index is 2.22. The summed E-state index contributed by atoms with van der Waals surface area (Å²) >= 11 is 5.99. The van der Waals surface area contributed by atoms with Gasteiger partial charge < -0.3 is 14.7 Å². The molecule has 19 heavy (non-hydrogen) atoms. The summed E-state index contributed by atoms with van der Waals surface area (Å²) in [6, 6.07) is 8.99. The lowest BCUT2D eigenvalue weighted by atomic mass is 10.1. The van der Waals surface area contributed by atoms with Crippen molar-refractivity contribution in [3.63, 3.8) is 0 Å². The van der Waals surface area contributed by atoms with Gasteiger partial charge in [0.05, 0.1) is 0 Å². The average molecular weight is 275 g/mol. The van der Waals surface area contributed by atoms with Gasteiger partial charge >= 0.3 is 5.97 Å². The molecule has 2 N–H and O–H groups in total. The molecule has 0 aliphatic carbocycles. The van der Waals surface area contributed by atoms with Crippen LogP contribution in [0.15, 0.2) is 36.5 Å². The second-order valence-electron chi connectivity index (χ2n) is 4.41. The molecular weight excluding hydrogens is 264 g/mol. The van der Waals surface area contributed by atoms with Gasteiger partial charge in [-0.3, -0.25) is 0 Å². The maximum atomic E-state index is 10.9. The van der Waals surface area contributed by atoms with E-state index >= 15 is 0 Å². The number of aryl methyl sites for hydroxylation is 1. The number of aromatic nitrogens is 2. The van der Waals surface area contributed by atoms with Crippen LogP contribution in [0.4, 0.5) is 0 Å². The maximum absolute atomic E-state index is 10.9. The first kappa shape index (κ1) is 11.9. The number of benzene rings is 1. The first-order valence-electron chi connectivity index (χ1n) is 5.73. The van der Waals surface area contributed by atoms with Crippen LogP contribution in [-0.2, 0) is 7.05 Å². The Hall–Kier alpha value is -2.20. The number of aromatic amines is 1. The largest absolute Gasteiger partial charge is 0.477 e. The average Bonchev–Trinajstić information content (AvgIpc) is 2.95. The molecule has 0 radical (unpaired) electrons. The summed E-state index contributed by atoms with van der Waals surface area (Å²) in [5, 5.41) is 10.7. The smallest absolute Gasteiger partial charge is 0.352 e. The fraction of sp³-hybridized carbons (Fsp3) is 0.0714. The number of hydrogen-bond donors (Lipinski definition) is 2. The van der Waals surface area contributed by atoms with Crippen LogP contribution < -0.4 is 0 Å². The minimum atomic E-state index is -0.963. The molecule has 0 saturated carbocycles. The molecule has 96 valence electrons. The van der Waals surface area contributed by atoms with Gasteiger partial charge in [-0.05, 0) is 24.3 Å². The molecule has 0 fully saturated rings. The highest BCUT2D eigenvalue weighted by Gasteiger charge is 2.12. The van der Waals surface area contributed by atoms with E-state index in [0.29, 0.717) is 5.02 Å². The molecule has 1 aromatic carbocycles. The molecule has 2 aromatic heterocycles. The molecule has 3 rings (SSSR count). The SMILES string of the molecule is Cn1cc(-c2ccc(C(=O)O)[nH]2)c2ccc(Cl)cc21. The number of aromatic carboxylic acids is 1. The van der Waals surface area contributed by atoms with Crippen LogP contribution in [-0.4, -0.2) is 20.6 Å². The number of H-pyrrole nitrogens is 1. The Bertz CT molecular complexity index is 786. The molecule has 0 unspecified atom stereocenters. The minimum Gasteiger partial charge on any atom is -0.477 e. The Labute approximate surface area is 114 Å². The fourth-order valence-electron chi connectivity index (χ4n) is 2.25. The number of halogens is 1. The van der Waals surface area contributed by atoms with Gasteiger partial charge in [0.1, 0.15) is 5.69 Å². The van der Waals surface area contributed by atoms with Crippen molar-refractivity contribution in [2.45, 2.75) is 0 Å². The number of carbonyl (C=O) groups is 1. The zero-order valence-electron chi connectivity index (χ0n) is 10.1. The van der Waals surface area contributed by atoms with Gasteiger partial charge in [0.15, 0.2) is 0 Å². The van der Waals surface area contributed by atoms with Crippen molar-refractivity contribution in [1.82, 2.24) is 9.55 Å². The number of carboxylic acid groups (broad SMARTS) is 1. The van der Waals surface area contributed by atoms with Crippen LogP contribution in [0.25, 0.3) is 22.2 Å². The summed E-state index contributed by atoms with van der Waals surface area (Å²) < 4.78 is 1.97. The molecule has 0 spiro atoms. The molecular formula is C14H11ClN2O2. The van der Waals surface area contributed by atoms with Crippen LogP contribution >= 0.6 is 11.6 Å². The van der Waals surface area contributed by atoms with E-state index in [2.05, 4.69) is 4.98 Å². The molecule has 0 atom stereocenters. The first-order valence-corrected chi connectivity index (χ1v) is 6.11. The third kappa shape index (κ3) is 1.90. The van der Waals surface area contributed by atoms with Gasteiger partial charge in [-0.25, -0.2) is 4.79 Å². The Morgan fingerprint density at radius 1 is 1.32 bits per heavy atom. The van der Waals surface area contributed by atoms with Gasteiger partial charge in [-0.2, -0.15) is 0 Å². The fourth-order valence-corrected chi connectivity index (χ4v) is 2.42.